The number of carboxylic acids is 1. The number of benzene rings is 1. The number of aliphatic carboxylic acids is 1. The van der Waals surface area contributed by atoms with Crippen molar-refractivity contribution in [1.29, 1.82) is 0 Å². The fraction of sp³-hybridized carbons (Fsp3) is 0.467. The maximum Gasteiger partial charge on any atom is 0.311 e. The van der Waals surface area contributed by atoms with E-state index in [2.05, 4.69) is 5.32 Å². The van der Waals surface area contributed by atoms with E-state index in [1.165, 1.54) is 25.1 Å². The first kappa shape index (κ1) is 16.1. The van der Waals surface area contributed by atoms with Gasteiger partial charge in [0, 0.05) is 12.1 Å². The highest BCUT2D eigenvalue weighted by Gasteiger charge is 2.35. The summed E-state index contributed by atoms with van der Waals surface area (Å²) in [4.78, 5) is 23.4. The zero-order valence-corrected chi connectivity index (χ0v) is 12.0. The van der Waals surface area contributed by atoms with Gasteiger partial charge in [0.2, 0.25) is 0 Å². The molecule has 0 spiro atoms. The van der Waals surface area contributed by atoms with Gasteiger partial charge in [0.25, 0.3) is 5.91 Å². The lowest BCUT2D eigenvalue weighted by Gasteiger charge is -2.27. The number of hydrogen-bond acceptors (Lipinski definition) is 2. The summed E-state index contributed by atoms with van der Waals surface area (Å²) in [7, 11) is 0. The first-order chi connectivity index (χ1) is 9.38. The molecule has 0 atom stereocenters. The highest BCUT2D eigenvalue weighted by molar-refractivity contribution is 5.96. The van der Waals surface area contributed by atoms with Gasteiger partial charge in [-0.2, -0.15) is 0 Å². The Labute approximate surface area is 118 Å². The third-order valence-corrected chi connectivity index (χ3v) is 3.91. The molecule has 1 amide bonds. The summed E-state index contributed by atoms with van der Waals surface area (Å²) in [5, 5.41) is 11.9. The predicted molar refractivity (Wildman–Crippen MR) is 74.1 cm³/mol. The minimum atomic E-state index is -0.975. The number of carbonyl (C=O) groups excluding carboxylic acids is 1. The van der Waals surface area contributed by atoms with E-state index in [9.17, 15) is 19.1 Å². The Balaban J connectivity index is 2.86. The molecular weight excluding hydrogens is 261 g/mol. The molecule has 0 heterocycles. The van der Waals surface area contributed by atoms with Crippen molar-refractivity contribution in [3.63, 3.8) is 0 Å². The fourth-order valence-electron chi connectivity index (χ4n) is 2.08. The first-order valence-electron chi connectivity index (χ1n) is 6.64. The second-order valence-corrected chi connectivity index (χ2v) is 4.89. The zero-order chi connectivity index (χ0) is 15.3. The van der Waals surface area contributed by atoms with E-state index in [0.29, 0.717) is 12.8 Å². The van der Waals surface area contributed by atoms with Crippen molar-refractivity contribution in [3.05, 3.63) is 35.1 Å². The summed E-state index contributed by atoms with van der Waals surface area (Å²) in [6.07, 6.45) is 0.836. The van der Waals surface area contributed by atoms with Crippen LogP contribution in [0.2, 0.25) is 0 Å². The van der Waals surface area contributed by atoms with Crippen molar-refractivity contribution in [2.45, 2.75) is 33.6 Å². The number of nitrogens with one attached hydrogen (secondary N) is 1. The Kier molecular flexibility index (Phi) is 5.25. The number of carbonyl (C=O) groups is 2. The third kappa shape index (κ3) is 3.15. The molecule has 0 radical (unpaired) electrons. The summed E-state index contributed by atoms with van der Waals surface area (Å²) >= 11 is 0. The standard InChI is InChI=1S/C15H20FNO3/c1-4-15(5-2,14(19)20)9-17-13(18)11-7-6-8-12(16)10(11)3/h6-8H,4-5,9H2,1-3H3,(H,17,18)(H,19,20). The normalized spacial score (nSPS) is 11.2. The first-order valence-corrected chi connectivity index (χ1v) is 6.64. The average Bonchev–Trinajstić information content (AvgIpc) is 2.43. The van der Waals surface area contributed by atoms with Crippen LogP contribution in [0.25, 0.3) is 0 Å². The van der Waals surface area contributed by atoms with Gasteiger partial charge in [-0.3, -0.25) is 9.59 Å². The molecule has 110 valence electrons. The quantitative estimate of drug-likeness (QED) is 0.842. The highest BCUT2D eigenvalue weighted by atomic mass is 19.1. The zero-order valence-electron chi connectivity index (χ0n) is 12.0. The van der Waals surface area contributed by atoms with E-state index in [4.69, 9.17) is 0 Å². The number of carboxylic acid groups (broad SMARTS) is 1. The van der Waals surface area contributed by atoms with Crippen LogP contribution < -0.4 is 5.32 Å². The predicted octanol–water partition coefficient (Wildman–Crippen LogP) is 2.75. The van der Waals surface area contributed by atoms with Gasteiger partial charge < -0.3 is 10.4 Å². The van der Waals surface area contributed by atoms with Crippen LogP contribution in [0.5, 0.6) is 0 Å². The summed E-state index contributed by atoms with van der Waals surface area (Å²) in [6.45, 7) is 5.10. The Morgan fingerprint density at radius 2 is 1.90 bits per heavy atom. The molecular formula is C15H20FNO3. The van der Waals surface area contributed by atoms with Crippen LogP contribution >= 0.6 is 0 Å². The van der Waals surface area contributed by atoms with Crippen molar-refractivity contribution in [1.82, 2.24) is 5.32 Å². The van der Waals surface area contributed by atoms with Crippen LogP contribution in [0.1, 0.15) is 42.6 Å². The Morgan fingerprint density at radius 1 is 1.30 bits per heavy atom. The summed E-state index contributed by atoms with van der Waals surface area (Å²) < 4.78 is 13.4. The lowest BCUT2D eigenvalue weighted by atomic mass is 9.82. The molecule has 0 aliphatic heterocycles. The van der Waals surface area contributed by atoms with Gasteiger partial charge in [0.1, 0.15) is 5.82 Å². The minimum Gasteiger partial charge on any atom is -0.481 e. The lowest BCUT2D eigenvalue weighted by molar-refractivity contribution is -0.149. The number of hydrogen-bond donors (Lipinski definition) is 2. The number of halogens is 1. The van der Waals surface area contributed by atoms with E-state index in [-0.39, 0.29) is 17.7 Å². The molecule has 0 saturated heterocycles. The summed E-state index contributed by atoms with van der Waals surface area (Å²) in [5.41, 5.74) is -0.480. The third-order valence-electron chi connectivity index (χ3n) is 3.91. The largest absolute Gasteiger partial charge is 0.481 e. The molecule has 0 aliphatic carbocycles. The van der Waals surface area contributed by atoms with E-state index in [0.717, 1.165) is 0 Å². The molecule has 5 heteroatoms. The second-order valence-electron chi connectivity index (χ2n) is 4.89. The van der Waals surface area contributed by atoms with Crippen molar-refractivity contribution < 1.29 is 19.1 Å². The number of rotatable bonds is 6. The van der Waals surface area contributed by atoms with Gasteiger partial charge in [0.15, 0.2) is 0 Å². The second kappa shape index (κ2) is 6.50. The monoisotopic (exact) mass is 281 g/mol. The van der Waals surface area contributed by atoms with Crippen LogP contribution in [0, 0.1) is 18.2 Å². The molecule has 1 aromatic carbocycles. The average molecular weight is 281 g/mol. The molecule has 20 heavy (non-hydrogen) atoms. The van der Waals surface area contributed by atoms with Crippen molar-refractivity contribution in [2.75, 3.05) is 6.54 Å². The molecule has 0 fully saturated rings. The molecule has 0 aliphatic rings. The lowest BCUT2D eigenvalue weighted by Crippen LogP contribution is -2.42. The molecule has 2 N–H and O–H groups in total. The van der Waals surface area contributed by atoms with Gasteiger partial charge in [-0.15, -0.1) is 0 Å². The summed E-state index contributed by atoms with van der Waals surface area (Å²) in [6, 6.07) is 4.27. The molecule has 1 rings (SSSR count). The Hall–Kier alpha value is -1.91. The minimum absolute atomic E-state index is 0.0319. The SMILES string of the molecule is CCC(CC)(CNC(=O)c1cccc(F)c1C)C(=O)O. The van der Waals surface area contributed by atoms with Gasteiger partial charge in [-0.1, -0.05) is 19.9 Å². The molecule has 1 aromatic rings. The van der Waals surface area contributed by atoms with Crippen molar-refractivity contribution >= 4 is 11.9 Å². The van der Waals surface area contributed by atoms with Crippen LogP contribution in [0.4, 0.5) is 4.39 Å². The number of amides is 1. The maximum absolute atomic E-state index is 13.4. The maximum atomic E-state index is 13.4. The van der Waals surface area contributed by atoms with Crippen LogP contribution in [0.15, 0.2) is 18.2 Å². The van der Waals surface area contributed by atoms with E-state index in [1.807, 2.05) is 0 Å². The fourth-order valence-corrected chi connectivity index (χ4v) is 2.08. The van der Waals surface area contributed by atoms with Gasteiger partial charge in [0.05, 0.1) is 5.41 Å². The molecule has 0 bridgehead atoms. The van der Waals surface area contributed by atoms with Crippen LogP contribution in [-0.2, 0) is 4.79 Å². The molecule has 4 nitrogen and oxygen atoms in total. The Bertz CT molecular complexity index is 510. The van der Waals surface area contributed by atoms with E-state index >= 15 is 0 Å². The molecule has 0 saturated carbocycles. The molecule has 0 unspecified atom stereocenters. The topological polar surface area (TPSA) is 66.4 Å². The molecule has 0 aromatic heterocycles. The van der Waals surface area contributed by atoms with Gasteiger partial charge in [-0.25, -0.2) is 4.39 Å². The van der Waals surface area contributed by atoms with E-state index in [1.54, 1.807) is 13.8 Å². The van der Waals surface area contributed by atoms with Crippen LogP contribution in [0.3, 0.4) is 0 Å². The highest BCUT2D eigenvalue weighted by Crippen LogP contribution is 2.26. The van der Waals surface area contributed by atoms with Gasteiger partial charge >= 0.3 is 5.97 Å². The smallest absolute Gasteiger partial charge is 0.311 e. The van der Waals surface area contributed by atoms with E-state index < -0.39 is 23.1 Å². The van der Waals surface area contributed by atoms with Gasteiger partial charge in [-0.05, 0) is 37.5 Å². The van der Waals surface area contributed by atoms with Crippen LogP contribution in [-0.4, -0.2) is 23.5 Å². The Morgan fingerprint density at radius 3 is 2.40 bits per heavy atom. The van der Waals surface area contributed by atoms with Crippen molar-refractivity contribution in [2.24, 2.45) is 5.41 Å². The van der Waals surface area contributed by atoms with Crippen molar-refractivity contribution in [3.8, 4) is 0 Å². The summed E-state index contributed by atoms with van der Waals surface area (Å²) in [5.74, 6) is -1.83.